The normalized spacial score (nSPS) is 22.4. The molecule has 8 rings (SSSR count). The van der Waals surface area contributed by atoms with E-state index in [0.717, 1.165) is 17.4 Å². The molecule has 29 heteroatoms. The number of nitrogens with one attached hydrogen (secondary N) is 5. The van der Waals surface area contributed by atoms with E-state index in [4.69, 9.17) is 15.2 Å². The van der Waals surface area contributed by atoms with Crippen LogP contribution in [-0.4, -0.2) is 83.6 Å². The smallest absolute Gasteiger partial charge is 0.372 e. The highest BCUT2D eigenvalue weighted by Gasteiger charge is 2.48. The van der Waals surface area contributed by atoms with Crippen LogP contribution in [0.3, 0.4) is 0 Å². The molecule has 2 aromatic heterocycles. The minimum atomic E-state index is -5.00. The van der Waals surface area contributed by atoms with Gasteiger partial charge in [0.15, 0.2) is 0 Å². The molecule has 7 N–H and O–H groups in total. The van der Waals surface area contributed by atoms with Crippen molar-refractivity contribution in [2.24, 2.45) is 5.73 Å². The predicted molar refractivity (Wildman–Crippen MR) is 279 cm³/mol. The third-order valence-electron chi connectivity index (χ3n) is 14.7. The lowest BCUT2D eigenvalue weighted by molar-refractivity contribution is -0.145. The van der Waals surface area contributed by atoms with Crippen molar-refractivity contribution in [1.29, 1.82) is 0 Å². The maximum atomic E-state index is 13.4. The molecule has 16 nitrogen and oxygen atoms in total. The molecule has 2 aliphatic heterocycles. The number of nitrogens with zero attached hydrogens (tertiary/aromatic N) is 4. The number of alkyl halides is 12. The number of ether oxygens (including phenoxy) is 2. The summed E-state index contributed by atoms with van der Waals surface area (Å²) in [6.45, 7) is 2.83. The zero-order valence-corrected chi connectivity index (χ0v) is 43.7. The minimum Gasteiger partial charge on any atom is -0.372 e. The van der Waals surface area contributed by atoms with Crippen molar-refractivity contribution in [1.82, 2.24) is 44.9 Å². The van der Waals surface area contributed by atoms with Gasteiger partial charge in [-0.2, -0.15) is 62.9 Å². The monoisotopic (exact) mass is 1200 g/mol. The van der Waals surface area contributed by atoms with E-state index in [2.05, 4.69) is 35.8 Å². The van der Waals surface area contributed by atoms with E-state index in [9.17, 15) is 70.7 Å². The average molecular weight is 1200 g/mol. The first-order valence-electron chi connectivity index (χ1n) is 24.6. The van der Waals surface area contributed by atoms with Crippen LogP contribution < -0.4 is 32.5 Å². The lowest BCUT2D eigenvalue weighted by Gasteiger charge is -2.48. The number of aromatic nitrogens is 6. The summed E-state index contributed by atoms with van der Waals surface area (Å²) in [5, 5.41) is 19.0. The summed E-state index contributed by atoms with van der Waals surface area (Å²) >= 11 is 0. The Morgan fingerprint density at radius 3 is 1.21 bits per heavy atom. The first-order chi connectivity index (χ1) is 37.2. The van der Waals surface area contributed by atoms with Crippen LogP contribution in [0.4, 0.5) is 52.7 Å². The Morgan fingerprint density at radius 2 is 0.927 bits per heavy atom. The standard InChI is InChI=1S/C26H29F6N5O4S.C25H27F6N5O2.2CH4/c1-17(18-10-20(25(27,28)29)12-21(11-18)26(30,31)32)41-15-24(19-6-4-3-5-7-19)9-8-23(13-33-24,14-35-42(2,39)40)37-16-34-36-22(37)38;1-16(17-9-19(24(26,27)28)11-20(10-17)25(29,30)31)38-14-23(18-5-3-2-4-6-18)8-7-22(12-32,13-33-23)36-15-34-35-21(36)37;;/h3-7,10-12,16-17,33,35H,8-9,13-15H2,1-2H3,(H,36,38);2-6,9-11,15-16,33H,7-8,12-14,32H2,1H3,(H,35,37);2*1H4/t17-,23+,24-;16-,22-,23-;;/m11../s1. The number of nitrogens with two attached hydrogens (primary N) is 1. The second-order valence-corrected chi connectivity index (χ2v) is 21.8. The number of hydrogen-bond acceptors (Lipinski definition) is 11. The highest BCUT2D eigenvalue weighted by Crippen LogP contribution is 2.43. The van der Waals surface area contributed by atoms with Crippen LogP contribution >= 0.6 is 0 Å². The van der Waals surface area contributed by atoms with Gasteiger partial charge in [-0.15, -0.1) is 0 Å². The number of benzene rings is 4. The number of halogens is 12. The predicted octanol–water partition coefficient (Wildman–Crippen LogP) is 9.50. The van der Waals surface area contributed by atoms with Gasteiger partial charge in [0.25, 0.3) is 0 Å². The van der Waals surface area contributed by atoms with Gasteiger partial charge in [-0.05, 0) is 98.2 Å². The minimum absolute atomic E-state index is 0. The van der Waals surface area contributed by atoms with Gasteiger partial charge in [0.2, 0.25) is 10.0 Å². The van der Waals surface area contributed by atoms with Crippen molar-refractivity contribution in [3.63, 3.8) is 0 Å². The Morgan fingerprint density at radius 1 is 0.585 bits per heavy atom. The van der Waals surface area contributed by atoms with Crippen LogP contribution in [0.25, 0.3) is 0 Å². The topological polar surface area (TPSA) is 216 Å². The van der Waals surface area contributed by atoms with Gasteiger partial charge in [-0.3, -0.25) is 9.13 Å². The molecule has 6 atom stereocenters. The molecule has 452 valence electrons. The molecule has 0 saturated carbocycles. The molecule has 6 aromatic rings. The van der Waals surface area contributed by atoms with Crippen LogP contribution in [0.5, 0.6) is 0 Å². The van der Waals surface area contributed by atoms with Crippen molar-refractivity contribution in [3.05, 3.63) is 175 Å². The first-order valence-corrected chi connectivity index (χ1v) is 26.5. The van der Waals surface area contributed by atoms with Crippen LogP contribution in [0.1, 0.15) is 111 Å². The second-order valence-electron chi connectivity index (χ2n) is 20.0. The Bertz CT molecular complexity index is 3210. The van der Waals surface area contributed by atoms with E-state index in [0.29, 0.717) is 37.1 Å². The molecule has 4 heterocycles. The van der Waals surface area contributed by atoms with Crippen molar-refractivity contribution in [2.75, 3.05) is 45.6 Å². The lowest BCUT2D eigenvalue weighted by Crippen LogP contribution is -2.63. The van der Waals surface area contributed by atoms with Gasteiger partial charge < -0.3 is 25.8 Å². The number of piperidine rings is 2. The Labute approximate surface area is 464 Å². The summed E-state index contributed by atoms with van der Waals surface area (Å²) in [7, 11) is -3.64. The molecule has 0 bridgehead atoms. The number of hydrogen-bond donors (Lipinski definition) is 6. The summed E-state index contributed by atoms with van der Waals surface area (Å²) < 4.78 is 202. The van der Waals surface area contributed by atoms with Crippen LogP contribution in [0.2, 0.25) is 0 Å². The van der Waals surface area contributed by atoms with Crippen molar-refractivity contribution >= 4 is 10.0 Å². The van der Waals surface area contributed by atoms with Gasteiger partial charge in [-0.25, -0.2) is 32.9 Å². The lowest BCUT2D eigenvalue weighted by atomic mass is 9.76. The fourth-order valence-corrected chi connectivity index (χ4v) is 10.4. The number of H-pyrrole nitrogens is 2. The molecule has 4 aromatic carbocycles. The summed E-state index contributed by atoms with van der Waals surface area (Å²) in [4.78, 5) is 24.8. The molecular weight excluding hydrogens is 1130 g/mol. The molecular formula is C53H64F12N10O6S. The number of sulfonamides is 1. The molecule has 2 fully saturated rings. The fraction of sp³-hybridized carbons (Fsp3) is 0.472. The Hall–Kier alpha value is -6.37. The van der Waals surface area contributed by atoms with Crippen molar-refractivity contribution in [3.8, 4) is 0 Å². The van der Waals surface area contributed by atoms with E-state index in [1.165, 1.54) is 35.6 Å². The van der Waals surface area contributed by atoms with E-state index in [1.807, 2.05) is 30.3 Å². The van der Waals surface area contributed by atoms with Crippen LogP contribution in [0, 0.1) is 0 Å². The van der Waals surface area contributed by atoms with E-state index in [1.54, 1.807) is 30.3 Å². The van der Waals surface area contributed by atoms with Gasteiger partial charge >= 0.3 is 36.1 Å². The first kappa shape index (κ1) is 66.4. The second kappa shape index (κ2) is 25.2. The maximum Gasteiger partial charge on any atom is 0.416 e. The van der Waals surface area contributed by atoms with E-state index < -0.39 is 103 Å². The van der Waals surface area contributed by atoms with Gasteiger partial charge in [-0.1, -0.05) is 75.5 Å². The Balaban J connectivity index is 0.000000295. The zero-order chi connectivity index (χ0) is 58.7. The third kappa shape index (κ3) is 15.2. The molecule has 2 saturated heterocycles. The largest absolute Gasteiger partial charge is 0.416 e. The van der Waals surface area contributed by atoms with Gasteiger partial charge in [0.1, 0.15) is 12.7 Å². The molecule has 0 unspecified atom stereocenters. The molecule has 2 aliphatic rings. The quantitative estimate of drug-likeness (QED) is 0.0502. The molecule has 0 radical (unpaired) electrons. The van der Waals surface area contributed by atoms with Crippen LogP contribution in [-0.2, 0) is 66.4 Å². The highest BCUT2D eigenvalue weighted by molar-refractivity contribution is 7.88. The molecule has 0 aliphatic carbocycles. The molecule has 82 heavy (non-hydrogen) atoms. The summed E-state index contributed by atoms with van der Waals surface area (Å²) in [5.74, 6) is 0. The summed E-state index contributed by atoms with van der Waals surface area (Å²) in [6.07, 6.45) is -17.2. The zero-order valence-electron chi connectivity index (χ0n) is 42.9. The van der Waals surface area contributed by atoms with E-state index >= 15 is 0 Å². The number of rotatable bonds is 16. The van der Waals surface area contributed by atoms with Crippen LogP contribution in [0.15, 0.2) is 119 Å². The third-order valence-corrected chi connectivity index (χ3v) is 15.4. The van der Waals surface area contributed by atoms with Gasteiger partial charge in [0, 0.05) is 26.2 Å². The highest BCUT2D eigenvalue weighted by atomic mass is 32.2. The SMILES string of the molecule is C.C.C[C@@H](OC[C@@]1(c2ccccc2)CC[C@](CN)(n2cn[nH]c2=O)CN1)c1cc(C(F)(F)F)cc(C(F)(F)F)c1.C[C@@H](OC[C@@]1(c2ccccc2)CC[C@](CNS(C)(=O)=O)(n2cn[nH]c2=O)CN1)c1cc(C(F)(F)F)cc(C(F)(F)F)c1. The van der Waals surface area contributed by atoms with Crippen molar-refractivity contribution < 1.29 is 70.6 Å². The summed E-state index contributed by atoms with van der Waals surface area (Å²) in [5.41, 5.74) is -3.27. The van der Waals surface area contributed by atoms with Crippen molar-refractivity contribution in [2.45, 2.75) is 113 Å². The molecule has 0 spiro atoms. The van der Waals surface area contributed by atoms with E-state index in [-0.39, 0.29) is 90.3 Å². The average Bonchev–Trinajstić information content (AvgIpc) is 4.11. The fourth-order valence-electron chi connectivity index (χ4n) is 9.85. The number of aromatic amines is 2. The molecule has 0 amide bonds. The maximum absolute atomic E-state index is 13.4. The Kier molecular flexibility index (Phi) is 20.4. The summed E-state index contributed by atoms with van der Waals surface area (Å²) in [6, 6.07) is 20.8. The van der Waals surface area contributed by atoms with Gasteiger partial charge in [0.05, 0.1) is 76.1 Å².